The first-order valence-corrected chi connectivity index (χ1v) is 11.5. The Morgan fingerprint density at radius 1 is 1.09 bits per heavy atom. The van der Waals surface area contributed by atoms with Crippen LogP contribution in [-0.4, -0.2) is 41.6 Å². The van der Waals surface area contributed by atoms with Gasteiger partial charge in [0.15, 0.2) is 5.13 Å². The van der Waals surface area contributed by atoms with Gasteiger partial charge in [-0.2, -0.15) is 4.98 Å². The maximum atomic E-state index is 12.6. The van der Waals surface area contributed by atoms with Crippen LogP contribution in [-0.2, 0) is 13.0 Å². The molecule has 1 aliphatic heterocycles. The number of ether oxygens (including phenoxy) is 1. The van der Waals surface area contributed by atoms with Crippen molar-refractivity contribution in [3.63, 3.8) is 0 Å². The maximum absolute atomic E-state index is 12.6. The molecule has 4 rings (SSSR count). The number of para-hydroxylation sites is 1. The van der Waals surface area contributed by atoms with Gasteiger partial charge in [-0.1, -0.05) is 29.5 Å². The lowest BCUT2D eigenvalue weighted by molar-refractivity contribution is 0.0944. The molecule has 0 saturated carbocycles. The van der Waals surface area contributed by atoms with E-state index in [0.29, 0.717) is 28.8 Å². The van der Waals surface area contributed by atoms with E-state index in [9.17, 15) is 9.59 Å². The van der Waals surface area contributed by atoms with E-state index in [1.54, 1.807) is 31.4 Å². The summed E-state index contributed by atoms with van der Waals surface area (Å²) in [6.07, 6.45) is 0.756. The molecule has 33 heavy (non-hydrogen) atoms. The van der Waals surface area contributed by atoms with Gasteiger partial charge in [0.05, 0.1) is 30.6 Å². The van der Waals surface area contributed by atoms with E-state index >= 15 is 0 Å². The molecule has 0 bridgehead atoms. The Morgan fingerprint density at radius 2 is 1.91 bits per heavy atom. The number of amides is 3. The van der Waals surface area contributed by atoms with Gasteiger partial charge >= 0.3 is 6.03 Å². The number of nitrogens with one attached hydrogen (secondary N) is 3. The highest BCUT2D eigenvalue weighted by molar-refractivity contribution is 7.15. The van der Waals surface area contributed by atoms with Gasteiger partial charge in [0.1, 0.15) is 5.82 Å². The van der Waals surface area contributed by atoms with Gasteiger partial charge < -0.3 is 20.3 Å². The molecule has 1 aromatic carbocycles. The van der Waals surface area contributed by atoms with Crippen LogP contribution in [0.25, 0.3) is 0 Å². The van der Waals surface area contributed by atoms with Gasteiger partial charge in [-0.15, -0.1) is 0 Å². The Kier molecular flexibility index (Phi) is 6.74. The first-order chi connectivity index (χ1) is 15.9. The molecular formula is C23H26N6O3S. The summed E-state index contributed by atoms with van der Waals surface area (Å²) in [6.45, 7) is 5.21. The summed E-state index contributed by atoms with van der Waals surface area (Å²) in [4.78, 5) is 37.4. The number of fused-ring (bicyclic) bond motifs is 1. The highest BCUT2D eigenvalue weighted by atomic mass is 32.1. The van der Waals surface area contributed by atoms with Gasteiger partial charge in [0.2, 0.25) is 5.88 Å². The zero-order valence-electron chi connectivity index (χ0n) is 18.7. The lowest BCUT2D eigenvalue weighted by Crippen LogP contribution is -2.31. The standard InChI is InChI=1S/C23H26N6O3S/c1-14(2)24-21(30)15-7-4-5-8-16(15)25-22(31)28-23-26-17-11-12-29(13-18(17)33-23)19-9-6-10-20(27-19)32-3/h4-10,14H,11-13H2,1-3H3,(H,24,30)(H2,25,26,28,31). The average Bonchev–Trinajstić information content (AvgIpc) is 3.20. The smallest absolute Gasteiger partial charge is 0.325 e. The lowest BCUT2D eigenvalue weighted by Gasteiger charge is -2.27. The minimum atomic E-state index is -0.447. The topological polar surface area (TPSA) is 108 Å². The molecule has 0 aliphatic carbocycles. The van der Waals surface area contributed by atoms with Crippen molar-refractivity contribution in [1.29, 1.82) is 0 Å². The van der Waals surface area contributed by atoms with E-state index in [2.05, 4.69) is 30.8 Å². The number of hydrogen-bond acceptors (Lipinski definition) is 7. The minimum Gasteiger partial charge on any atom is -0.481 e. The highest BCUT2D eigenvalue weighted by Gasteiger charge is 2.23. The Balaban J connectivity index is 1.42. The second-order valence-electron chi connectivity index (χ2n) is 7.85. The third-order valence-corrected chi connectivity index (χ3v) is 6.03. The number of nitrogens with zero attached hydrogens (tertiary/aromatic N) is 3. The number of anilines is 3. The van der Waals surface area contributed by atoms with Gasteiger partial charge in [-0.05, 0) is 32.0 Å². The van der Waals surface area contributed by atoms with E-state index in [4.69, 9.17) is 4.74 Å². The number of methoxy groups -OCH3 is 1. The second-order valence-corrected chi connectivity index (χ2v) is 8.94. The number of carbonyl (C=O) groups excluding carboxylic acids is 2. The van der Waals surface area contributed by atoms with Crippen molar-refractivity contribution in [2.75, 3.05) is 29.2 Å². The van der Waals surface area contributed by atoms with Crippen LogP contribution in [0.5, 0.6) is 5.88 Å². The van der Waals surface area contributed by atoms with Crippen LogP contribution in [0.15, 0.2) is 42.5 Å². The van der Waals surface area contributed by atoms with Crippen LogP contribution in [0, 0.1) is 0 Å². The fourth-order valence-electron chi connectivity index (χ4n) is 3.52. The Hall–Kier alpha value is -3.66. The molecule has 10 heteroatoms. The van der Waals surface area contributed by atoms with Crippen molar-refractivity contribution in [3.8, 4) is 5.88 Å². The van der Waals surface area contributed by atoms with Crippen LogP contribution >= 0.6 is 11.3 Å². The van der Waals surface area contributed by atoms with Gasteiger partial charge in [-0.25, -0.2) is 9.78 Å². The molecular weight excluding hydrogens is 440 g/mol. The van der Waals surface area contributed by atoms with Gasteiger partial charge in [0, 0.05) is 30.0 Å². The van der Waals surface area contributed by atoms with Crippen molar-refractivity contribution in [3.05, 3.63) is 58.6 Å². The third kappa shape index (κ3) is 5.40. The van der Waals surface area contributed by atoms with Crippen LogP contribution in [0.4, 0.5) is 21.4 Å². The number of thiazole rings is 1. The predicted octanol–water partition coefficient (Wildman–Crippen LogP) is 3.89. The molecule has 3 amide bonds. The lowest BCUT2D eigenvalue weighted by atomic mass is 10.1. The summed E-state index contributed by atoms with van der Waals surface area (Å²) in [5, 5.41) is 8.92. The molecule has 0 saturated heterocycles. The molecule has 0 unspecified atom stereocenters. The van der Waals surface area contributed by atoms with E-state index < -0.39 is 6.03 Å². The van der Waals surface area contributed by atoms with E-state index in [1.165, 1.54) is 11.3 Å². The molecule has 0 radical (unpaired) electrons. The molecule has 3 aromatic rings. The zero-order chi connectivity index (χ0) is 23.4. The summed E-state index contributed by atoms with van der Waals surface area (Å²) in [5.74, 6) is 1.18. The molecule has 0 fully saturated rings. The average molecular weight is 467 g/mol. The monoisotopic (exact) mass is 466 g/mol. The summed E-state index contributed by atoms with van der Waals surface area (Å²) in [7, 11) is 1.60. The minimum absolute atomic E-state index is 0.00670. The van der Waals surface area contributed by atoms with E-state index in [-0.39, 0.29) is 11.9 Å². The fourth-order valence-corrected chi connectivity index (χ4v) is 4.54. The van der Waals surface area contributed by atoms with Crippen molar-refractivity contribution in [1.82, 2.24) is 15.3 Å². The van der Waals surface area contributed by atoms with Crippen molar-refractivity contribution >= 4 is 39.9 Å². The number of benzene rings is 1. The number of rotatable bonds is 6. The van der Waals surface area contributed by atoms with Crippen molar-refractivity contribution in [2.45, 2.75) is 32.9 Å². The van der Waals surface area contributed by atoms with Crippen LogP contribution in [0.1, 0.15) is 34.8 Å². The second kappa shape index (κ2) is 9.86. The summed E-state index contributed by atoms with van der Waals surface area (Å²) >= 11 is 1.44. The zero-order valence-corrected chi connectivity index (χ0v) is 19.5. The molecule has 172 valence electrons. The van der Waals surface area contributed by atoms with Crippen LogP contribution < -0.4 is 25.6 Å². The van der Waals surface area contributed by atoms with Gasteiger partial charge in [0.25, 0.3) is 5.91 Å². The fraction of sp³-hybridized carbons (Fsp3) is 0.304. The third-order valence-electron chi connectivity index (χ3n) is 5.03. The van der Waals surface area contributed by atoms with Gasteiger partial charge in [-0.3, -0.25) is 10.1 Å². The Bertz CT molecular complexity index is 1160. The number of hydrogen-bond donors (Lipinski definition) is 3. The van der Waals surface area contributed by atoms with Crippen LogP contribution in [0.3, 0.4) is 0 Å². The molecule has 0 spiro atoms. The Labute approximate surface area is 196 Å². The molecule has 0 atom stereocenters. The maximum Gasteiger partial charge on any atom is 0.325 e. The summed E-state index contributed by atoms with van der Waals surface area (Å²) < 4.78 is 5.23. The molecule has 2 aromatic heterocycles. The molecule has 1 aliphatic rings. The SMILES string of the molecule is COc1cccc(N2CCc3nc(NC(=O)Nc4ccccc4C(=O)NC(C)C)sc3C2)n1. The largest absolute Gasteiger partial charge is 0.481 e. The normalized spacial score (nSPS) is 12.8. The molecule has 9 nitrogen and oxygen atoms in total. The summed E-state index contributed by atoms with van der Waals surface area (Å²) in [6, 6.07) is 12.1. The highest BCUT2D eigenvalue weighted by Crippen LogP contribution is 2.31. The summed E-state index contributed by atoms with van der Waals surface area (Å²) in [5.41, 5.74) is 1.82. The van der Waals surface area contributed by atoms with E-state index in [0.717, 1.165) is 29.4 Å². The molecule has 3 heterocycles. The number of aromatic nitrogens is 2. The number of pyridine rings is 1. The molecule has 3 N–H and O–H groups in total. The Morgan fingerprint density at radius 3 is 2.70 bits per heavy atom. The predicted molar refractivity (Wildman–Crippen MR) is 129 cm³/mol. The van der Waals surface area contributed by atoms with Crippen molar-refractivity contribution < 1.29 is 14.3 Å². The number of urea groups is 1. The first kappa shape index (κ1) is 22.5. The van der Waals surface area contributed by atoms with Crippen LogP contribution in [0.2, 0.25) is 0 Å². The first-order valence-electron chi connectivity index (χ1n) is 10.7. The van der Waals surface area contributed by atoms with Crippen molar-refractivity contribution in [2.24, 2.45) is 0 Å². The van der Waals surface area contributed by atoms with E-state index in [1.807, 2.05) is 32.0 Å². The quantitative estimate of drug-likeness (QED) is 0.509. The number of carbonyl (C=O) groups is 2.